The van der Waals surface area contributed by atoms with Crippen LogP contribution >= 0.6 is 11.3 Å². The lowest BCUT2D eigenvalue weighted by Crippen LogP contribution is -1.84. The highest BCUT2D eigenvalue weighted by molar-refractivity contribution is 7.26. The Morgan fingerprint density at radius 2 is 1.41 bits per heavy atom. The largest absolute Gasteiger partial charge is 0.307 e. The highest BCUT2D eigenvalue weighted by Crippen LogP contribution is 2.45. The van der Waals surface area contributed by atoms with Crippen molar-refractivity contribution in [1.82, 2.24) is 9.38 Å². The fourth-order valence-electron chi connectivity index (χ4n) is 5.46. The molecule has 0 bridgehead atoms. The third-order valence-corrected chi connectivity index (χ3v) is 7.91. The van der Waals surface area contributed by atoms with Gasteiger partial charge in [0.2, 0.25) is 0 Å². The summed E-state index contributed by atoms with van der Waals surface area (Å²) in [5.74, 6) is 0. The second-order valence-electron chi connectivity index (χ2n) is 8.42. The van der Waals surface area contributed by atoms with Crippen LogP contribution in [0.4, 0.5) is 0 Å². The molecule has 4 aromatic carbocycles. The van der Waals surface area contributed by atoms with Crippen LogP contribution in [0.3, 0.4) is 0 Å². The molecule has 148 valence electrons. The van der Waals surface area contributed by atoms with Crippen LogP contribution in [0.5, 0.6) is 0 Å². The lowest BCUT2D eigenvalue weighted by Gasteiger charge is -2.03. The summed E-state index contributed by atoms with van der Waals surface area (Å²) in [6, 6.07) is 33.0. The van der Waals surface area contributed by atoms with Gasteiger partial charge in [0.05, 0.1) is 22.2 Å². The summed E-state index contributed by atoms with van der Waals surface area (Å²) < 4.78 is 5.19. The topological polar surface area (TPSA) is 17.3 Å². The minimum absolute atomic E-state index is 1.01. The molecule has 8 aromatic rings. The molecule has 0 amide bonds. The summed E-state index contributed by atoms with van der Waals surface area (Å²) in [5.41, 5.74) is 6.07. The van der Waals surface area contributed by atoms with Crippen molar-refractivity contribution in [1.29, 1.82) is 0 Å². The van der Waals surface area contributed by atoms with E-state index in [1.807, 2.05) is 29.7 Å². The quantitative estimate of drug-likeness (QED) is 0.259. The number of para-hydroxylation sites is 1. The fourth-order valence-corrected chi connectivity index (χ4v) is 6.57. The van der Waals surface area contributed by atoms with Crippen molar-refractivity contribution in [2.75, 3.05) is 0 Å². The van der Waals surface area contributed by atoms with Crippen molar-refractivity contribution in [3.63, 3.8) is 0 Å². The zero-order chi connectivity index (χ0) is 20.8. The number of hydrogen-bond donors (Lipinski definition) is 0. The normalized spacial score (nSPS) is 12.4. The highest BCUT2D eigenvalue weighted by atomic mass is 32.1. The number of aromatic nitrogens is 2. The Hall–Kier alpha value is -3.95. The van der Waals surface area contributed by atoms with E-state index in [-0.39, 0.29) is 0 Å². The van der Waals surface area contributed by atoms with E-state index in [1.54, 1.807) is 0 Å². The monoisotopic (exact) mass is 424 g/mol. The summed E-state index contributed by atoms with van der Waals surface area (Å²) in [6.07, 6.45) is 1.86. The first-order valence-electron chi connectivity index (χ1n) is 10.8. The SMILES string of the molecule is c1ccc(-c2ccc3c(c2)c2cccc4c5ccc6sc7ccccc7c6c5n3c24)nc1. The predicted molar refractivity (Wildman–Crippen MR) is 137 cm³/mol. The molecular weight excluding hydrogens is 408 g/mol. The van der Waals surface area contributed by atoms with Crippen molar-refractivity contribution in [2.24, 2.45) is 0 Å². The van der Waals surface area contributed by atoms with Crippen LogP contribution in [0.1, 0.15) is 0 Å². The van der Waals surface area contributed by atoms with Crippen LogP contribution in [-0.4, -0.2) is 9.38 Å². The van der Waals surface area contributed by atoms with E-state index in [2.05, 4.69) is 88.2 Å². The molecule has 0 radical (unpaired) electrons. The first kappa shape index (κ1) is 16.7. The molecule has 0 aliphatic rings. The molecule has 0 saturated carbocycles. The minimum atomic E-state index is 1.01. The molecule has 4 aromatic heterocycles. The molecule has 0 fully saturated rings. The molecule has 0 aliphatic carbocycles. The second kappa shape index (κ2) is 5.84. The summed E-state index contributed by atoms with van der Waals surface area (Å²) in [5, 5.41) is 7.96. The first-order chi connectivity index (χ1) is 15.9. The minimum Gasteiger partial charge on any atom is -0.307 e. The molecule has 8 rings (SSSR count). The van der Waals surface area contributed by atoms with Gasteiger partial charge in [-0.3, -0.25) is 4.98 Å². The molecule has 0 atom stereocenters. The van der Waals surface area contributed by atoms with Crippen molar-refractivity contribution < 1.29 is 0 Å². The van der Waals surface area contributed by atoms with E-state index in [9.17, 15) is 0 Å². The van der Waals surface area contributed by atoms with Crippen molar-refractivity contribution >= 4 is 69.6 Å². The van der Waals surface area contributed by atoms with E-state index < -0.39 is 0 Å². The van der Waals surface area contributed by atoms with E-state index in [1.165, 1.54) is 58.3 Å². The smallest absolute Gasteiger partial charge is 0.0702 e. The zero-order valence-corrected chi connectivity index (χ0v) is 17.9. The highest BCUT2D eigenvalue weighted by Gasteiger charge is 2.20. The van der Waals surface area contributed by atoms with Crippen molar-refractivity contribution in [2.45, 2.75) is 0 Å². The van der Waals surface area contributed by atoms with E-state index in [0.717, 1.165) is 11.3 Å². The van der Waals surface area contributed by atoms with Gasteiger partial charge >= 0.3 is 0 Å². The third-order valence-electron chi connectivity index (χ3n) is 6.78. The number of fused-ring (bicyclic) bond motifs is 10. The summed E-state index contributed by atoms with van der Waals surface area (Å²) >= 11 is 1.88. The Morgan fingerprint density at radius 3 is 2.31 bits per heavy atom. The maximum Gasteiger partial charge on any atom is 0.0702 e. The molecule has 0 N–H and O–H groups in total. The van der Waals surface area contributed by atoms with E-state index in [4.69, 9.17) is 0 Å². The van der Waals surface area contributed by atoms with Crippen LogP contribution < -0.4 is 0 Å². The molecule has 0 aliphatic heterocycles. The number of pyridine rings is 1. The number of benzene rings is 4. The molecule has 32 heavy (non-hydrogen) atoms. The summed E-state index contributed by atoms with van der Waals surface area (Å²) in [6.45, 7) is 0. The van der Waals surface area contributed by atoms with Gasteiger partial charge in [-0.15, -0.1) is 11.3 Å². The number of rotatable bonds is 1. The third kappa shape index (κ3) is 1.97. The van der Waals surface area contributed by atoms with Gasteiger partial charge < -0.3 is 4.40 Å². The first-order valence-corrected chi connectivity index (χ1v) is 11.6. The molecule has 0 unspecified atom stereocenters. The van der Waals surface area contributed by atoms with E-state index in [0.29, 0.717) is 0 Å². The fraction of sp³-hybridized carbons (Fsp3) is 0. The van der Waals surface area contributed by atoms with Crippen molar-refractivity contribution in [3.05, 3.63) is 97.2 Å². The average Bonchev–Trinajstić information content (AvgIpc) is 3.50. The lowest BCUT2D eigenvalue weighted by molar-refractivity contribution is 1.33. The van der Waals surface area contributed by atoms with Crippen LogP contribution in [0, 0.1) is 0 Å². The Labute approximate surface area is 187 Å². The van der Waals surface area contributed by atoms with Crippen LogP contribution in [0.15, 0.2) is 97.2 Å². The van der Waals surface area contributed by atoms with Crippen LogP contribution in [0.2, 0.25) is 0 Å². The molecule has 0 spiro atoms. The molecule has 0 saturated heterocycles. The molecule has 4 heterocycles. The average molecular weight is 425 g/mol. The number of thiophene rings is 1. The maximum absolute atomic E-state index is 4.57. The molecule has 3 heteroatoms. The Morgan fingerprint density at radius 1 is 0.594 bits per heavy atom. The number of hydrogen-bond acceptors (Lipinski definition) is 2. The summed E-state index contributed by atoms with van der Waals surface area (Å²) in [7, 11) is 0. The van der Waals surface area contributed by atoms with Gasteiger partial charge in [-0.05, 0) is 36.4 Å². The predicted octanol–water partition coefficient (Wildman–Crippen LogP) is 8.27. The van der Waals surface area contributed by atoms with Crippen LogP contribution in [-0.2, 0) is 0 Å². The lowest BCUT2D eigenvalue weighted by atomic mass is 10.0. The van der Waals surface area contributed by atoms with Crippen molar-refractivity contribution in [3.8, 4) is 11.3 Å². The second-order valence-corrected chi connectivity index (χ2v) is 9.50. The molecule has 2 nitrogen and oxygen atoms in total. The molecular formula is C29H16N2S. The van der Waals surface area contributed by atoms with Gasteiger partial charge in [0, 0.05) is 53.5 Å². The Balaban J connectivity index is 1.63. The van der Waals surface area contributed by atoms with Gasteiger partial charge in [0.1, 0.15) is 0 Å². The van der Waals surface area contributed by atoms with Crippen LogP contribution in [0.25, 0.3) is 69.5 Å². The Kier molecular flexibility index (Phi) is 3.05. The maximum atomic E-state index is 4.57. The zero-order valence-electron chi connectivity index (χ0n) is 17.0. The van der Waals surface area contributed by atoms with E-state index >= 15 is 0 Å². The van der Waals surface area contributed by atoms with Gasteiger partial charge in [-0.2, -0.15) is 0 Å². The Bertz CT molecular complexity index is 1980. The van der Waals surface area contributed by atoms with Gasteiger partial charge in [-0.1, -0.05) is 54.6 Å². The van der Waals surface area contributed by atoms with Gasteiger partial charge in [-0.25, -0.2) is 0 Å². The number of nitrogens with zero attached hydrogens (tertiary/aromatic N) is 2. The summed E-state index contributed by atoms with van der Waals surface area (Å²) in [4.78, 5) is 4.57. The van der Waals surface area contributed by atoms with Gasteiger partial charge in [0.25, 0.3) is 0 Å². The standard InChI is InChI=1S/C29H16N2S/c1-2-10-25-21(6-1)27-26(32-25)14-12-20-18-7-5-8-19-22-16-17(23-9-3-4-15-30-23)11-13-24(22)31(28(18)19)29(20)27/h1-16H. The van der Waals surface area contributed by atoms with Gasteiger partial charge in [0.15, 0.2) is 0 Å².